The molecule has 0 amide bonds. The minimum absolute atomic E-state index is 0.590. The Bertz CT molecular complexity index is 328. The van der Waals surface area contributed by atoms with E-state index in [-0.39, 0.29) is 0 Å². The van der Waals surface area contributed by atoms with Crippen LogP contribution in [0.2, 0.25) is 5.15 Å². The molecule has 0 saturated heterocycles. The first kappa shape index (κ1) is 6.86. The third-order valence-electron chi connectivity index (χ3n) is 1.97. The van der Waals surface area contributed by atoms with Gasteiger partial charge >= 0.3 is 0 Å². The first-order valence-electron chi connectivity index (χ1n) is 3.60. The van der Waals surface area contributed by atoms with E-state index in [2.05, 4.69) is 18.0 Å². The van der Waals surface area contributed by atoms with E-state index in [9.17, 15) is 0 Å². The Hall–Kier alpha value is -0.820. The molecule has 0 unspecified atom stereocenters. The molecule has 0 aliphatic heterocycles. The van der Waals surface area contributed by atoms with Crippen LogP contribution < -0.4 is 0 Å². The fourth-order valence-electron chi connectivity index (χ4n) is 1.35. The molecule has 1 heterocycles. The van der Waals surface area contributed by atoms with Gasteiger partial charge in [-0.15, -0.1) is 0 Å². The average Bonchev–Trinajstić information content (AvgIpc) is 2.32. The van der Waals surface area contributed by atoms with Gasteiger partial charge in [0.25, 0.3) is 0 Å². The van der Waals surface area contributed by atoms with Crippen molar-refractivity contribution in [3.05, 3.63) is 34.6 Å². The Balaban J connectivity index is 2.58. The zero-order valence-electron chi connectivity index (χ0n) is 6.26. The van der Waals surface area contributed by atoms with Crippen molar-refractivity contribution >= 4 is 17.2 Å². The van der Waals surface area contributed by atoms with Gasteiger partial charge in [-0.3, -0.25) is 0 Å². The number of nitrogens with zero attached hydrogens (tertiary/aromatic N) is 1. The lowest BCUT2D eigenvalue weighted by atomic mass is 10.1. The minimum Gasteiger partial charge on any atom is -0.240 e. The second kappa shape index (κ2) is 2.35. The highest BCUT2D eigenvalue weighted by Crippen LogP contribution is 2.26. The standard InChI is InChI=1S/C9H8ClN/c1-6-2-4-8-7(6)3-5-9(10)11-8/h2-3,5H,4H2,1H3. The Kier molecular flexibility index (Phi) is 1.46. The van der Waals surface area contributed by atoms with Crippen LogP contribution in [0.5, 0.6) is 0 Å². The van der Waals surface area contributed by atoms with Crippen LogP contribution in [0.4, 0.5) is 0 Å². The highest BCUT2D eigenvalue weighted by molar-refractivity contribution is 6.29. The molecule has 56 valence electrons. The van der Waals surface area contributed by atoms with Crippen LogP contribution in [0.1, 0.15) is 18.2 Å². The second-order valence-corrected chi connectivity index (χ2v) is 3.11. The van der Waals surface area contributed by atoms with Gasteiger partial charge in [-0.05, 0) is 30.2 Å². The van der Waals surface area contributed by atoms with Gasteiger partial charge in [-0.2, -0.15) is 0 Å². The van der Waals surface area contributed by atoms with E-state index in [1.54, 1.807) is 0 Å². The summed E-state index contributed by atoms with van der Waals surface area (Å²) in [5, 5.41) is 0.590. The lowest BCUT2D eigenvalue weighted by Crippen LogP contribution is -1.87. The van der Waals surface area contributed by atoms with Crippen molar-refractivity contribution in [2.45, 2.75) is 13.3 Å². The third kappa shape index (κ3) is 1.05. The van der Waals surface area contributed by atoms with Gasteiger partial charge < -0.3 is 0 Å². The molecule has 2 heteroatoms. The molecule has 0 fully saturated rings. The minimum atomic E-state index is 0.590. The summed E-state index contributed by atoms with van der Waals surface area (Å²) in [4.78, 5) is 4.22. The summed E-state index contributed by atoms with van der Waals surface area (Å²) in [5.41, 5.74) is 3.66. The van der Waals surface area contributed by atoms with Crippen LogP contribution >= 0.6 is 11.6 Å². The third-order valence-corrected chi connectivity index (χ3v) is 2.18. The average molecular weight is 166 g/mol. The number of fused-ring (bicyclic) bond motifs is 1. The molecule has 0 N–H and O–H groups in total. The van der Waals surface area contributed by atoms with Crippen LogP contribution in [-0.2, 0) is 6.42 Å². The van der Waals surface area contributed by atoms with Crippen molar-refractivity contribution in [1.29, 1.82) is 0 Å². The van der Waals surface area contributed by atoms with Crippen LogP contribution in [0.15, 0.2) is 18.2 Å². The van der Waals surface area contributed by atoms with Crippen molar-refractivity contribution in [3.8, 4) is 0 Å². The quantitative estimate of drug-likeness (QED) is 0.539. The Labute approximate surface area is 70.7 Å². The fourth-order valence-corrected chi connectivity index (χ4v) is 1.51. The molecule has 0 radical (unpaired) electrons. The maximum absolute atomic E-state index is 5.74. The molecule has 0 saturated carbocycles. The van der Waals surface area contributed by atoms with Crippen LogP contribution in [-0.4, -0.2) is 4.98 Å². The fraction of sp³-hybridized carbons (Fsp3) is 0.222. The molecular formula is C9H8ClN. The Morgan fingerprint density at radius 1 is 1.45 bits per heavy atom. The normalized spacial score (nSPS) is 14.5. The molecule has 1 nitrogen and oxygen atoms in total. The van der Waals surface area contributed by atoms with E-state index in [4.69, 9.17) is 11.6 Å². The predicted octanol–water partition coefficient (Wildman–Crippen LogP) is 2.69. The number of aromatic nitrogens is 1. The van der Waals surface area contributed by atoms with E-state index in [0.717, 1.165) is 12.1 Å². The van der Waals surface area contributed by atoms with Crippen molar-refractivity contribution < 1.29 is 0 Å². The Morgan fingerprint density at radius 3 is 3.09 bits per heavy atom. The molecule has 1 aromatic heterocycles. The summed E-state index contributed by atoms with van der Waals surface area (Å²) in [6.07, 6.45) is 3.11. The summed E-state index contributed by atoms with van der Waals surface area (Å²) in [5.74, 6) is 0. The van der Waals surface area contributed by atoms with Crippen molar-refractivity contribution in [2.75, 3.05) is 0 Å². The number of hydrogen-bond acceptors (Lipinski definition) is 1. The Morgan fingerprint density at radius 2 is 2.27 bits per heavy atom. The number of pyridine rings is 1. The largest absolute Gasteiger partial charge is 0.240 e. The number of rotatable bonds is 0. The van der Waals surface area contributed by atoms with Crippen LogP contribution in [0.3, 0.4) is 0 Å². The molecule has 1 aliphatic carbocycles. The highest BCUT2D eigenvalue weighted by Gasteiger charge is 2.11. The lowest BCUT2D eigenvalue weighted by Gasteiger charge is -1.99. The zero-order valence-corrected chi connectivity index (χ0v) is 7.02. The monoisotopic (exact) mass is 165 g/mol. The molecule has 0 bridgehead atoms. The topological polar surface area (TPSA) is 12.9 Å². The summed E-state index contributed by atoms with van der Waals surface area (Å²) >= 11 is 5.74. The molecular weight excluding hydrogens is 158 g/mol. The van der Waals surface area contributed by atoms with E-state index in [1.807, 2.05) is 12.1 Å². The number of allylic oxidation sites excluding steroid dienone is 2. The van der Waals surface area contributed by atoms with Gasteiger partial charge in [0, 0.05) is 6.42 Å². The van der Waals surface area contributed by atoms with E-state index >= 15 is 0 Å². The zero-order chi connectivity index (χ0) is 7.84. The van der Waals surface area contributed by atoms with Gasteiger partial charge in [0.2, 0.25) is 0 Å². The highest BCUT2D eigenvalue weighted by atomic mass is 35.5. The maximum Gasteiger partial charge on any atom is 0.129 e. The van der Waals surface area contributed by atoms with Crippen LogP contribution in [0.25, 0.3) is 5.57 Å². The van der Waals surface area contributed by atoms with Crippen molar-refractivity contribution in [1.82, 2.24) is 4.98 Å². The SMILES string of the molecule is CC1=CCc2nc(Cl)ccc21. The number of halogens is 1. The molecule has 1 aliphatic rings. The van der Waals surface area contributed by atoms with Crippen molar-refractivity contribution in [3.63, 3.8) is 0 Å². The lowest BCUT2D eigenvalue weighted by molar-refractivity contribution is 1.13. The maximum atomic E-state index is 5.74. The van der Waals surface area contributed by atoms with E-state index in [0.29, 0.717) is 5.15 Å². The van der Waals surface area contributed by atoms with Gasteiger partial charge in [-0.1, -0.05) is 17.7 Å². The first-order chi connectivity index (χ1) is 5.27. The van der Waals surface area contributed by atoms with Gasteiger partial charge in [0.05, 0.1) is 5.69 Å². The molecule has 0 aromatic carbocycles. The summed E-state index contributed by atoms with van der Waals surface area (Å²) in [6, 6.07) is 3.87. The van der Waals surface area contributed by atoms with Gasteiger partial charge in [0.1, 0.15) is 5.15 Å². The van der Waals surface area contributed by atoms with Gasteiger partial charge in [0.15, 0.2) is 0 Å². The molecule has 2 rings (SSSR count). The second-order valence-electron chi connectivity index (χ2n) is 2.72. The first-order valence-corrected chi connectivity index (χ1v) is 3.98. The molecule has 11 heavy (non-hydrogen) atoms. The van der Waals surface area contributed by atoms with Crippen molar-refractivity contribution in [2.24, 2.45) is 0 Å². The van der Waals surface area contributed by atoms with Gasteiger partial charge in [-0.25, -0.2) is 4.98 Å². The molecule has 0 atom stereocenters. The summed E-state index contributed by atoms with van der Waals surface area (Å²) in [6.45, 7) is 2.10. The number of hydrogen-bond donors (Lipinski definition) is 0. The van der Waals surface area contributed by atoms with Crippen LogP contribution in [0, 0.1) is 0 Å². The van der Waals surface area contributed by atoms with E-state index in [1.165, 1.54) is 11.1 Å². The summed E-state index contributed by atoms with van der Waals surface area (Å²) in [7, 11) is 0. The van der Waals surface area contributed by atoms with E-state index < -0.39 is 0 Å². The molecule has 1 aromatic rings. The summed E-state index contributed by atoms with van der Waals surface area (Å²) < 4.78 is 0. The smallest absolute Gasteiger partial charge is 0.129 e. The predicted molar refractivity (Wildman–Crippen MR) is 46.6 cm³/mol. The molecule has 0 spiro atoms.